The summed E-state index contributed by atoms with van der Waals surface area (Å²) in [6.07, 6.45) is -1.42. The minimum atomic E-state index is -0.924. The molecule has 0 bridgehead atoms. The Labute approximate surface area is 121 Å². The zero-order valence-electron chi connectivity index (χ0n) is 11.5. The van der Waals surface area contributed by atoms with Crippen molar-refractivity contribution in [2.24, 2.45) is 0 Å². The Morgan fingerprint density at radius 1 is 1.50 bits per heavy atom. The summed E-state index contributed by atoms with van der Waals surface area (Å²) in [6.45, 7) is 5.18. The van der Waals surface area contributed by atoms with Crippen molar-refractivity contribution in [2.45, 2.75) is 44.9 Å². The monoisotopic (exact) mass is 301 g/mol. The number of aliphatic hydroxyl groups is 1. The lowest BCUT2D eigenvalue weighted by Crippen LogP contribution is -2.38. The largest absolute Gasteiger partial charge is 0.444 e. The number of halogens is 2. The van der Waals surface area contributed by atoms with E-state index >= 15 is 0 Å². The van der Waals surface area contributed by atoms with Crippen LogP contribution in [-0.2, 0) is 11.2 Å². The Morgan fingerprint density at radius 2 is 2.15 bits per heavy atom. The van der Waals surface area contributed by atoms with Crippen molar-refractivity contribution < 1.29 is 19.0 Å². The van der Waals surface area contributed by atoms with Crippen LogP contribution >= 0.6 is 11.6 Å². The summed E-state index contributed by atoms with van der Waals surface area (Å²) in [5.41, 5.74) is 0.0969. The number of carbonyl (C=O) groups is 1. The second-order valence-corrected chi connectivity index (χ2v) is 6.22. The van der Waals surface area contributed by atoms with Gasteiger partial charge >= 0.3 is 6.09 Å². The van der Waals surface area contributed by atoms with E-state index in [0.29, 0.717) is 10.6 Å². The lowest BCUT2D eigenvalue weighted by atomic mass is 10.1. The van der Waals surface area contributed by atoms with E-state index in [4.69, 9.17) is 16.3 Å². The number of nitrogens with one attached hydrogen (secondary N) is 1. The van der Waals surface area contributed by atoms with Gasteiger partial charge in [0, 0.05) is 17.0 Å². The number of hydrogen-bond donors (Lipinski definition) is 2. The molecular weight excluding hydrogens is 285 g/mol. The first kappa shape index (κ1) is 15.1. The molecule has 110 valence electrons. The summed E-state index contributed by atoms with van der Waals surface area (Å²) in [7, 11) is 0. The van der Waals surface area contributed by atoms with Crippen LogP contribution in [-0.4, -0.2) is 22.9 Å². The maximum absolute atomic E-state index is 13.9. The molecule has 0 saturated heterocycles. The van der Waals surface area contributed by atoms with Crippen molar-refractivity contribution in [3.8, 4) is 0 Å². The molecule has 1 aromatic carbocycles. The van der Waals surface area contributed by atoms with Gasteiger partial charge in [0.15, 0.2) is 0 Å². The molecule has 1 aliphatic carbocycles. The minimum absolute atomic E-state index is 0.201. The molecular formula is C14H17ClFNO3. The molecule has 0 spiro atoms. The number of benzene rings is 1. The zero-order valence-corrected chi connectivity index (χ0v) is 12.3. The van der Waals surface area contributed by atoms with Crippen LogP contribution in [0.15, 0.2) is 12.1 Å². The molecule has 0 heterocycles. The maximum atomic E-state index is 13.9. The van der Waals surface area contributed by atoms with Crippen LogP contribution in [0.25, 0.3) is 0 Å². The Hall–Kier alpha value is -1.33. The van der Waals surface area contributed by atoms with Crippen LogP contribution in [0.2, 0.25) is 5.02 Å². The highest BCUT2D eigenvalue weighted by Gasteiger charge is 2.37. The van der Waals surface area contributed by atoms with E-state index in [0.717, 1.165) is 0 Å². The fourth-order valence-electron chi connectivity index (χ4n) is 2.28. The molecule has 0 aliphatic heterocycles. The molecule has 20 heavy (non-hydrogen) atoms. The van der Waals surface area contributed by atoms with E-state index in [1.54, 1.807) is 20.8 Å². The van der Waals surface area contributed by atoms with E-state index in [9.17, 15) is 14.3 Å². The maximum Gasteiger partial charge on any atom is 0.408 e. The van der Waals surface area contributed by atoms with E-state index in [2.05, 4.69) is 5.32 Å². The Morgan fingerprint density at radius 3 is 2.75 bits per heavy atom. The SMILES string of the molecule is CC(C)(C)OC(=O)NC1c2c(F)ccc(Cl)c2CC1O. The van der Waals surface area contributed by atoms with Gasteiger partial charge in [-0.05, 0) is 38.5 Å². The molecule has 2 unspecified atom stereocenters. The highest BCUT2D eigenvalue weighted by atomic mass is 35.5. The van der Waals surface area contributed by atoms with Crippen molar-refractivity contribution in [1.29, 1.82) is 0 Å². The van der Waals surface area contributed by atoms with E-state index in [1.165, 1.54) is 12.1 Å². The molecule has 0 saturated carbocycles. The summed E-state index contributed by atoms with van der Waals surface area (Å²) in [5, 5.41) is 12.9. The molecule has 1 amide bonds. The second-order valence-electron chi connectivity index (χ2n) is 5.82. The molecule has 2 rings (SSSR count). The number of alkyl carbamates (subject to hydrolysis) is 1. The van der Waals surface area contributed by atoms with Crippen LogP contribution in [0.1, 0.15) is 37.9 Å². The summed E-state index contributed by atoms with van der Waals surface area (Å²) >= 11 is 5.99. The Bertz CT molecular complexity index is 542. The van der Waals surface area contributed by atoms with Gasteiger partial charge < -0.3 is 15.2 Å². The number of amides is 1. The molecule has 0 fully saturated rings. The predicted octanol–water partition coefficient (Wildman–Crippen LogP) is 2.96. The molecule has 0 radical (unpaired) electrons. The third kappa shape index (κ3) is 3.04. The lowest BCUT2D eigenvalue weighted by Gasteiger charge is -2.23. The molecule has 2 atom stereocenters. The topological polar surface area (TPSA) is 58.6 Å². The van der Waals surface area contributed by atoms with Crippen molar-refractivity contribution >= 4 is 17.7 Å². The van der Waals surface area contributed by atoms with Gasteiger partial charge in [-0.15, -0.1) is 0 Å². The van der Waals surface area contributed by atoms with Crippen LogP contribution in [0.5, 0.6) is 0 Å². The minimum Gasteiger partial charge on any atom is -0.444 e. The number of aliphatic hydroxyl groups excluding tert-OH is 1. The van der Waals surface area contributed by atoms with E-state index in [-0.39, 0.29) is 12.0 Å². The summed E-state index contributed by atoms with van der Waals surface area (Å²) in [6, 6.07) is 1.82. The number of fused-ring (bicyclic) bond motifs is 1. The number of hydrogen-bond acceptors (Lipinski definition) is 3. The first-order valence-corrected chi connectivity index (χ1v) is 6.71. The van der Waals surface area contributed by atoms with E-state index in [1.807, 2.05) is 0 Å². The molecule has 4 nitrogen and oxygen atoms in total. The Kier molecular flexibility index (Phi) is 3.93. The van der Waals surface area contributed by atoms with Crippen molar-refractivity contribution in [3.63, 3.8) is 0 Å². The lowest BCUT2D eigenvalue weighted by molar-refractivity contribution is 0.0436. The number of rotatable bonds is 1. The first-order chi connectivity index (χ1) is 9.19. The average Bonchev–Trinajstić information content (AvgIpc) is 2.60. The second kappa shape index (κ2) is 5.22. The van der Waals surface area contributed by atoms with Crippen molar-refractivity contribution in [3.05, 3.63) is 34.1 Å². The van der Waals surface area contributed by atoms with Crippen LogP contribution in [0.4, 0.5) is 9.18 Å². The highest BCUT2D eigenvalue weighted by Crippen LogP contribution is 2.37. The van der Waals surface area contributed by atoms with Crippen LogP contribution < -0.4 is 5.32 Å². The normalized spacial score (nSPS) is 21.5. The van der Waals surface area contributed by atoms with Gasteiger partial charge in [-0.2, -0.15) is 0 Å². The van der Waals surface area contributed by atoms with Gasteiger partial charge in [-0.3, -0.25) is 0 Å². The Balaban J connectivity index is 2.23. The zero-order chi connectivity index (χ0) is 15.1. The summed E-state index contributed by atoms with van der Waals surface area (Å²) < 4.78 is 19.0. The number of ether oxygens (including phenoxy) is 1. The van der Waals surface area contributed by atoms with Gasteiger partial charge in [0.2, 0.25) is 0 Å². The van der Waals surface area contributed by atoms with Gasteiger partial charge in [0.25, 0.3) is 0 Å². The fraction of sp³-hybridized carbons (Fsp3) is 0.500. The summed E-state index contributed by atoms with van der Waals surface area (Å²) in [5.74, 6) is -0.498. The average molecular weight is 302 g/mol. The predicted molar refractivity (Wildman–Crippen MR) is 73.2 cm³/mol. The van der Waals surface area contributed by atoms with Gasteiger partial charge in [-0.1, -0.05) is 11.6 Å². The summed E-state index contributed by atoms with van der Waals surface area (Å²) in [4.78, 5) is 11.8. The van der Waals surface area contributed by atoms with Crippen molar-refractivity contribution in [1.82, 2.24) is 5.32 Å². The first-order valence-electron chi connectivity index (χ1n) is 6.33. The quantitative estimate of drug-likeness (QED) is 0.838. The third-order valence-electron chi connectivity index (χ3n) is 3.03. The third-order valence-corrected chi connectivity index (χ3v) is 3.38. The van der Waals surface area contributed by atoms with Crippen LogP contribution in [0, 0.1) is 5.82 Å². The molecule has 0 aromatic heterocycles. The molecule has 6 heteroatoms. The fourth-order valence-corrected chi connectivity index (χ4v) is 2.52. The standard InChI is InChI=1S/C14H17ClFNO3/c1-14(2,3)20-13(19)17-12-10(18)6-7-8(15)4-5-9(16)11(7)12/h4-5,10,12,18H,6H2,1-3H3,(H,17,19). The molecule has 1 aliphatic rings. The van der Waals surface area contributed by atoms with Gasteiger partial charge in [0.05, 0.1) is 12.1 Å². The smallest absolute Gasteiger partial charge is 0.408 e. The highest BCUT2D eigenvalue weighted by molar-refractivity contribution is 6.31. The van der Waals surface area contributed by atoms with E-state index < -0.39 is 29.7 Å². The molecule has 2 N–H and O–H groups in total. The van der Waals surface area contributed by atoms with Crippen molar-refractivity contribution in [2.75, 3.05) is 0 Å². The van der Waals surface area contributed by atoms with Crippen LogP contribution in [0.3, 0.4) is 0 Å². The van der Waals surface area contributed by atoms with Gasteiger partial charge in [0.1, 0.15) is 11.4 Å². The number of carbonyl (C=O) groups excluding carboxylic acids is 1. The molecule has 1 aromatic rings. The van der Waals surface area contributed by atoms with Gasteiger partial charge in [-0.25, -0.2) is 9.18 Å².